The fourth-order valence-electron chi connectivity index (χ4n) is 1.50. The fourth-order valence-corrected chi connectivity index (χ4v) is 1.69. The van der Waals surface area contributed by atoms with Crippen LogP contribution in [0.1, 0.15) is 18.3 Å². The lowest BCUT2D eigenvalue weighted by Gasteiger charge is -1.94. The SMILES string of the molecule is CCc1n[nH]c(=S)n1/N=C/C=C/c1ccccc1. The summed E-state index contributed by atoms with van der Waals surface area (Å²) in [6.45, 7) is 2.01. The molecule has 92 valence electrons. The van der Waals surface area contributed by atoms with Crippen LogP contribution in [0.5, 0.6) is 0 Å². The van der Waals surface area contributed by atoms with Gasteiger partial charge < -0.3 is 0 Å². The Morgan fingerprint density at radius 1 is 1.39 bits per heavy atom. The predicted molar refractivity (Wildman–Crippen MR) is 76.2 cm³/mol. The first-order valence-electron chi connectivity index (χ1n) is 5.73. The van der Waals surface area contributed by atoms with Gasteiger partial charge in [0, 0.05) is 12.6 Å². The average molecular weight is 258 g/mol. The van der Waals surface area contributed by atoms with E-state index >= 15 is 0 Å². The Kier molecular flexibility index (Phi) is 4.20. The van der Waals surface area contributed by atoms with Gasteiger partial charge in [0.25, 0.3) is 0 Å². The van der Waals surface area contributed by atoms with Gasteiger partial charge in [-0.05, 0) is 23.9 Å². The molecule has 0 spiro atoms. The molecule has 2 rings (SSSR count). The highest BCUT2D eigenvalue weighted by atomic mass is 32.1. The highest BCUT2D eigenvalue weighted by molar-refractivity contribution is 7.71. The number of rotatable bonds is 4. The summed E-state index contributed by atoms with van der Waals surface area (Å²) >= 11 is 5.09. The summed E-state index contributed by atoms with van der Waals surface area (Å²) in [6.07, 6.45) is 6.35. The molecular weight excluding hydrogens is 244 g/mol. The number of aryl methyl sites for hydroxylation is 1. The molecule has 0 saturated heterocycles. The van der Waals surface area contributed by atoms with Gasteiger partial charge in [0.15, 0.2) is 5.82 Å². The Balaban J connectivity index is 2.10. The van der Waals surface area contributed by atoms with Crippen molar-refractivity contribution < 1.29 is 0 Å². The minimum absolute atomic E-state index is 0.510. The minimum Gasteiger partial charge on any atom is -0.250 e. The van der Waals surface area contributed by atoms with Gasteiger partial charge in [-0.15, -0.1) is 0 Å². The van der Waals surface area contributed by atoms with Crippen LogP contribution in [0.3, 0.4) is 0 Å². The Morgan fingerprint density at radius 2 is 2.17 bits per heavy atom. The molecule has 0 unspecified atom stereocenters. The first kappa shape index (κ1) is 12.4. The van der Waals surface area contributed by atoms with Crippen molar-refractivity contribution in [3.05, 3.63) is 52.6 Å². The van der Waals surface area contributed by atoms with Crippen LogP contribution in [0.2, 0.25) is 0 Å². The summed E-state index contributed by atoms with van der Waals surface area (Å²) in [5, 5.41) is 11.1. The third-order valence-electron chi connectivity index (χ3n) is 2.39. The summed E-state index contributed by atoms with van der Waals surface area (Å²) in [4.78, 5) is 0. The first-order valence-corrected chi connectivity index (χ1v) is 6.14. The van der Waals surface area contributed by atoms with Crippen LogP contribution in [-0.4, -0.2) is 21.1 Å². The maximum absolute atomic E-state index is 5.09. The van der Waals surface area contributed by atoms with Gasteiger partial charge in [-0.25, -0.2) is 0 Å². The summed E-state index contributed by atoms with van der Waals surface area (Å²) in [6, 6.07) is 10.1. The molecule has 0 fully saturated rings. The molecule has 0 aliphatic carbocycles. The lowest BCUT2D eigenvalue weighted by atomic mass is 10.2. The first-order chi connectivity index (χ1) is 8.81. The topological polar surface area (TPSA) is 46.0 Å². The second-order valence-electron chi connectivity index (χ2n) is 3.64. The van der Waals surface area contributed by atoms with Gasteiger partial charge >= 0.3 is 0 Å². The van der Waals surface area contributed by atoms with E-state index in [0.717, 1.165) is 17.8 Å². The summed E-state index contributed by atoms with van der Waals surface area (Å²) in [5.74, 6) is 0.823. The van der Waals surface area contributed by atoms with E-state index in [2.05, 4.69) is 15.3 Å². The molecule has 1 N–H and O–H groups in total. The van der Waals surface area contributed by atoms with Crippen LogP contribution in [-0.2, 0) is 6.42 Å². The maximum atomic E-state index is 5.09. The number of aromatic amines is 1. The van der Waals surface area contributed by atoms with Gasteiger partial charge in [-0.1, -0.05) is 43.3 Å². The van der Waals surface area contributed by atoms with Gasteiger partial charge in [0.05, 0.1) is 0 Å². The van der Waals surface area contributed by atoms with Crippen LogP contribution in [0.25, 0.3) is 6.08 Å². The highest BCUT2D eigenvalue weighted by Crippen LogP contribution is 2.00. The van der Waals surface area contributed by atoms with Crippen molar-refractivity contribution in [3.63, 3.8) is 0 Å². The van der Waals surface area contributed by atoms with Crippen molar-refractivity contribution in [1.82, 2.24) is 14.9 Å². The number of allylic oxidation sites excluding steroid dienone is 1. The van der Waals surface area contributed by atoms with Crippen LogP contribution in [0.4, 0.5) is 0 Å². The van der Waals surface area contributed by atoms with Crippen molar-refractivity contribution in [2.24, 2.45) is 5.10 Å². The third-order valence-corrected chi connectivity index (χ3v) is 2.65. The predicted octanol–water partition coefficient (Wildman–Crippen LogP) is 3.05. The molecule has 5 heteroatoms. The highest BCUT2D eigenvalue weighted by Gasteiger charge is 1.99. The van der Waals surface area contributed by atoms with E-state index in [4.69, 9.17) is 12.2 Å². The Morgan fingerprint density at radius 3 is 2.89 bits per heavy atom. The van der Waals surface area contributed by atoms with Gasteiger partial charge in [-0.3, -0.25) is 5.10 Å². The quantitative estimate of drug-likeness (QED) is 0.676. The van der Waals surface area contributed by atoms with E-state index < -0.39 is 0 Å². The van der Waals surface area contributed by atoms with E-state index in [1.807, 2.05) is 49.4 Å². The number of aromatic nitrogens is 3. The van der Waals surface area contributed by atoms with E-state index in [9.17, 15) is 0 Å². The minimum atomic E-state index is 0.510. The molecule has 0 aliphatic rings. The Bertz CT molecular complexity index is 607. The monoisotopic (exact) mass is 258 g/mol. The molecule has 2 aromatic rings. The molecule has 1 heterocycles. The molecule has 18 heavy (non-hydrogen) atoms. The molecule has 0 amide bonds. The van der Waals surface area contributed by atoms with E-state index in [0.29, 0.717) is 4.77 Å². The summed E-state index contributed by atoms with van der Waals surface area (Å²) in [5.41, 5.74) is 1.13. The Hall–Kier alpha value is -2.01. The van der Waals surface area contributed by atoms with Crippen molar-refractivity contribution in [3.8, 4) is 0 Å². The summed E-state index contributed by atoms with van der Waals surface area (Å²) in [7, 11) is 0. The lowest BCUT2D eigenvalue weighted by molar-refractivity contribution is 0.780. The number of nitrogens with zero attached hydrogens (tertiary/aromatic N) is 3. The van der Waals surface area contributed by atoms with Crippen molar-refractivity contribution in [2.45, 2.75) is 13.3 Å². The van der Waals surface area contributed by atoms with Crippen LogP contribution >= 0.6 is 12.2 Å². The second kappa shape index (κ2) is 6.07. The average Bonchev–Trinajstić information content (AvgIpc) is 2.77. The molecule has 0 aliphatic heterocycles. The Labute approximate surface area is 111 Å². The molecule has 1 aromatic heterocycles. The lowest BCUT2D eigenvalue weighted by Crippen LogP contribution is -1.95. The smallest absolute Gasteiger partial charge is 0.216 e. The second-order valence-corrected chi connectivity index (χ2v) is 4.03. The molecule has 0 saturated carbocycles. The summed E-state index contributed by atoms with van der Waals surface area (Å²) < 4.78 is 2.14. The van der Waals surface area contributed by atoms with E-state index in [1.165, 1.54) is 0 Å². The van der Waals surface area contributed by atoms with Crippen molar-refractivity contribution >= 4 is 24.5 Å². The van der Waals surface area contributed by atoms with Crippen molar-refractivity contribution in [1.29, 1.82) is 0 Å². The molecule has 4 nitrogen and oxygen atoms in total. The van der Waals surface area contributed by atoms with Gasteiger partial charge in [0.1, 0.15) is 0 Å². The van der Waals surface area contributed by atoms with Crippen LogP contribution in [0.15, 0.2) is 41.5 Å². The van der Waals surface area contributed by atoms with Crippen molar-refractivity contribution in [2.75, 3.05) is 0 Å². The number of hydrogen-bond donors (Lipinski definition) is 1. The van der Waals surface area contributed by atoms with E-state index in [-0.39, 0.29) is 0 Å². The van der Waals surface area contributed by atoms with Crippen LogP contribution in [0, 0.1) is 4.77 Å². The third kappa shape index (κ3) is 3.01. The van der Waals surface area contributed by atoms with Crippen LogP contribution < -0.4 is 0 Å². The zero-order valence-corrected chi connectivity index (χ0v) is 10.9. The number of H-pyrrole nitrogens is 1. The molecule has 0 bridgehead atoms. The number of nitrogens with one attached hydrogen (secondary N) is 1. The standard InChI is InChI=1S/C13H14N4S/c1-2-12-15-16-13(18)17(12)14-10-6-9-11-7-4-3-5-8-11/h3-10H,2H2,1H3,(H,16,18)/b9-6+,14-10+. The zero-order chi connectivity index (χ0) is 12.8. The molecule has 0 radical (unpaired) electrons. The van der Waals surface area contributed by atoms with Gasteiger partial charge in [-0.2, -0.15) is 14.9 Å². The maximum Gasteiger partial charge on any atom is 0.216 e. The number of hydrogen-bond acceptors (Lipinski definition) is 3. The normalized spacial score (nSPS) is 11.6. The van der Waals surface area contributed by atoms with Gasteiger partial charge in [0.2, 0.25) is 4.77 Å². The molecule has 0 atom stereocenters. The zero-order valence-electron chi connectivity index (χ0n) is 10.1. The van der Waals surface area contributed by atoms with E-state index in [1.54, 1.807) is 10.9 Å². The molecular formula is C13H14N4S. The fraction of sp³-hybridized carbons (Fsp3) is 0.154. The number of benzene rings is 1. The molecule has 1 aromatic carbocycles. The largest absolute Gasteiger partial charge is 0.250 e.